The average Bonchev–Trinajstić information content (AvgIpc) is 2.96. The molecule has 1 saturated carbocycles. The number of carbonyl (C=O) groups is 2. The molecule has 1 unspecified atom stereocenters. The molecule has 1 fully saturated rings. The molecule has 22 heavy (non-hydrogen) atoms. The summed E-state index contributed by atoms with van der Waals surface area (Å²) in [6.07, 6.45) is 7.82. The van der Waals surface area contributed by atoms with Crippen LogP contribution in [-0.2, 0) is 19.1 Å². The van der Waals surface area contributed by atoms with Crippen molar-refractivity contribution in [3.8, 4) is 0 Å². The fraction of sp³-hybridized carbons (Fsp3) is 0.500. The van der Waals surface area contributed by atoms with Crippen molar-refractivity contribution >= 4 is 27.6 Å². The molecule has 118 valence electrons. The van der Waals surface area contributed by atoms with Crippen LogP contribution in [-0.4, -0.2) is 35.8 Å². The van der Waals surface area contributed by atoms with Gasteiger partial charge >= 0.3 is 0 Å². The minimum Gasteiger partial charge on any atom is -0.493 e. The number of fused-ring (bicyclic) bond motifs is 1. The SMILES string of the molecule is COC1=C2OC(C(=O)NC3CCC(Br)CC3)C=C2C(=O)C=C1. The van der Waals surface area contributed by atoms with Crippen molar-refractivity contribution in [3.63, 3.8) is 0 Å². The zero-order chi connectivity index (χ0) is 15.7. The highest BCUT2D eigenvalue weighted by molar-refractivity contribution is 9.09. The van der Waals surface area contributed by atoms with E-state index in [-0.39, 0.29) is 17.7 Å². The number of hydrogen-bond donors (Lipinski definition) is 1. The van der Waals surface area contributed by atoms with Crippen LogP contribution >= 0.6 is 15.9 Å². The topological polar surface area (TPSA) is 64.6 Å². The quantitative estimate of drug-likeness (QED) is 0.776. The molecule has 6 heteroatoms. The summed E-state index contributed by atoms with van der Waals surface area (Å²) in [4.78, 5) is 24.8. The van der Waals surface area contributed by atoms with Crippen LogP contribution in [0.15, 0.2) is 35.3 Å². The summed E-state index contributed by atoms with van der Waals surface area (Å²) in [6, 6.07) is 0.177. The number of amides is 1. The number of alkyl halides is 1. The van der Waals surface area contributed by atoms with E-state index in [2.05, 4.69) is 21.2 Å². The summed E-state index contributed by atoms with van der Waals surface area (Å²) in [5, 5.41) is 3.01. The van der Waals surface area contributed by atoms with Crippen molar-refractivity contribution in [1.29, 1.82) is 0 Å². The molecule has 0 spiro atoms. The molecule has 0 radical (unpaired) electrons. The second kappa shape index (κ2) is 6.28. The van der Waals surface area contributed by atoms with Gasteiger partial charge in [0.25, 0.3) is 5.91 Å². The summed E-state index contributed by atoms with van der Waals surface area (Å²) in [7, 11) is 1.51. The van der Waals surface area contributed by atoms with E-state index in [4.69, 9.17) is 9.47 Å². The van der Waals surface area contributed by atoms with Gasteiger partial charge in [-0.2, -0.15) is 0 Å². The third kappa shape index (κ3) is 2.97. The van der Waals surface area contributed by atoms with Crippen molar-refractivity contribution in [2.45, 2.75) is 42.7 Å². The molecule has 0 bridgehead atoms. The molecular weight excluding hydrogens is 350 g/mol. The third-order valence-corrected chi connectivity index (χ3v) is 5.08. The second-order valence-electron chi connectivity index (χ2n) is 5.67. The van der Waals surface area contributed by atoms with E-state index in [1.807, 2.05) is 0 Å². The molecule has 3 rings (SSSR count). The number of nitrogens with one attached hydrogen (secondary N) is 1. The standard InChI is InChI=1S/C16H18BrNO4/c1-21-13-7-6-12(19)11-8-14(22-15(11)13)16(20)18-10-4-2-9(17)3-5-10/h6-10,14H,2-5H2,1H3,(H,18,20). The maximum Gasteiger partial charge on any atom is 0.265 e. The number of methoxy groups -OCH3 is 1. The van der Waals surface area contributed by atoms with Crippen molar-refractivity contribution in [3.05, 3.63) is 35.3 Å². The van der Waals surface area contributed by atoms with Gasteiger partial charge in [0.1, 0.15) is 0 Å². The molecule has 0 aromatic heterocycles. The molecule has 1 atom stereocenters. The average molecular weight is 368 g/mol. The van der Waals surface area contributed by atoms with Gasteiger partial charge in [-0.1, -0.05) is 15.9 Å². The van der Waals surface area contributed by atoms with Gasteiger partial charge in [-0.25, -0.2) is 0 Å². The molecule has 1 aliphatic heterocycles. The first-order valence-corrected chi connectivity index (χ1v) is 8.34. The Morgan fingerprint density at radius 1 is 1.32 bits per heavy atom. The van der Waals surface area contributed by atoms with Gasteiger partial charge in [-0.3, -0.25) is 9.59 Å². The molecule has 1 heterocycles. The predicted octanol–water partition coefficient (Wildman–Crippen LogP) is 2.13. The number of allylic oxidation sites excluding steroid dienone is 3. The van der Waals surface area contributed by atoms with Crippen molar-refractivity contribution < 1.29 is 19.1 Å². The number of carbonyl (C=O) groups excluding carboxylic acids is 2. The van der Waals surface area contributed by atoms with Crippen LogP contribution < -0.4 is 5.32 Å². The first kappa shape index (κ1) is 15.3. The molecule has 0 saturated heterocycles. The molecule has 0 aromatic carbocycles. The van der Waals surface area contributed by atoms with E-state index in [0.29, 0.717) is 21.9 Å². The minimum atomic E-state index is -0.763. The lowest BCUT2D eigenvalue weighted by Gasteiger charge is -2.26. The number of rotatable bonds is 3. The zero-order valence-corrected chi connectivity index (χ0v) is 13.9. The third-order valence-electron chi connectivity index (χ3n) is 4.16. The highest BCUT2D eigenvalue weighted by Gasteiger charge is 2.35. The smallest absolute Gasteiger partial charge is 0.265 e. The Morgan fingerprint density at radius 3 is 2.73 bits per heavy atom. The maximum atomic E-state index is 12.4. The van der Waals surface area contributed by atoms with Gasteiger partial charge in [-0.15, -0.1) is 0 Å². The van der Waals surface area contributed by atoms with Crippen LogP contribution in [0.3, 0.4) is 0 Å². The van der Waals surface area contributed by atoms with E-state index in [1.165, 1.54) is 13.2 Å². The Balaban J connectivity index is 1.67. The number of ketones is 1. The summed E-state index contributed by atoms with van der Waals surface area (Å²) >= 11 is 3.60. The number of ether oxygens (including phenoxy) is 2. The Bertz CT molecular complexity index is 585. The number of hydrogen-bond acceptors (Lipinski definition) is 4. The van der Waals surface area contributed by atoms with E-state index in [9.17, 15) is 9.59 Å². The van der Waals surface area contributed by atoms with Gasteiger partial charge in [0.2, 0.25) is 0 Å². The van der Waals surface area contributed by atoms with Crippen molar-refractivity contribution in [2.75, 3.05) is 7.11 Å². The van der Waals surface area contributed by atoms with E-state index in [0.717, 1.165) is 25.7 Å². The Kier molecular flexibility index (Phi) is 4.38. The Labute approximate surface area is 137 Å². The van der Waals surface area contributed by atoms with Crippen LogP contribution in [0.25, 0.3) is 0 Å². The molecule has 3 aliphatic rings. The van der Waals surface area contributed by atoms with Crippen molar-refractivity contribution in [1.82, 2.24) is 5.32 Å². The summed E-state index contributed by atoms with van der Waals surface area (Å²) < 4.78 is 10.8. The van der Waals surface area contributed by atoms with Crippen LogP contribution in [0.4, 0.5) is 0 Å². The van der Waals surface area contributed by atoms with Crippen LogP contribution in [0.5, 0.6) is 0 Å². The summed E-state index contributed by atoms with van der Waals surface area (Å²) in [5.41, 5.74) is 0.406. The molecule has 1 N–H and O–H groups in total. The zero-order valence-electron chi connectivity index (χ0n) is 12.3. The van der Waals surface area contributed by atoms with Gasteiger partial charge in [0.15, 0.2) is 23.4 Å². The Morgan fingerprint density at radius 2 is 2.05 bits per heavy atom. The van der Waals surface area contributed by atoms with Crippen LogP contribution in [0, 0.1) is 0 Å². The minimum absolute atomic E-state index is 0.161. The molecule has 5 nitrogen and oxygen atoms in total. The van der Waals surface area contributed by atoms with Crippen LogP contribution in [0.2, 0.25) is 0 Å². The van der Waals surface area contributed by atoms with Crippen molar-refractivity contribution in [2.24, 2.45) is 0 Å². The van der Waals surface area contributed by atoms with E-state index < -0.39 is 6.10 Å². The van der Waals surface area contributed by atoms with Gasteiger partial charge in [-0.05, 0) is 43.9 Å². The molecule has 0 aromatic rings. The molecular formula is C16H18BrNO4. The largest absolute Gasteiger partial charge is 0.493 e. The van der Waals surface area contributed by atoms with E-state index in [1.54, 1.807) is 12.2 Å². The summed E-state index contributed by atoms with van der Waals surface area (Å²) in [6.45, 7) is 0. The lowest BCUT2D eigenvalue weighted by molar-refractivity contribution is -0.128. The lowest BCUT2D eigenvalue weighted by Crippen LogP contribution is -2.42. The van der Waals surface area contributed by atoms with E-state index >= 15 is 0 Å². The Hall–Kier alpha value is -1.56. The first-order valence-electron chi connectivity index (χ1n) is 7.42. The van der Waals surface area contributed by atoms with Gasteiger partial charge < -0.3 is 14.8 Å². The fourth-order valence-electron chi connectivity index (χ4n) is 2.92. The normalized spacial score (nSPS) is 30.5. The lowest BCUT2D eigenvalue weighted by atomic mass is 9.95. The first-order chi connectivity index (χ1) is 10.6. The highest BCUT2D eigenvalue weighted by Crippen LogP contribution is 2.32. The highest BCUT2D eigenvalue weighted by atomic mass is 79.9. The molecule has 2 aliphatic carbocycles. The maximum absolute atomic E-state index is 12.4. The monoisotopic (exact) mass is 367 g/mol. The fourth-order valence-corrected chi connectivity index (χ4v) is 3.45. The summed E-state index contributed by atoms with van der Waals surface area (Å²) in [5.74, 6) is 0.474. The van der Waals surface area contributed by atoms with Gasteiger partial charge in [0, 0.05) is 10.9 Å². The number of halogens is 1. The van der Waals surface area contributed by atoms with Crippen LogP contribution in [0.1, 0.15) is 25.7 Å². The second-order valence-corrected chi connectivity index (χ2v) is 6.97. The van der Waals surface area contributed by atoms with Gasteiger partial charge in [0.05, 0.1) is 12.7 Å². The predicted molar refractivity (Wildman–Crippen MR) is 84.3 cm³/mol. The molecule has 1 amide bonds.